The van der Waals surface area contributed by atoms with Crippen LogP contribution in [0, 0.1) is 0 Å². The Morgan fingerprint density at radius 2 is 1.84 bits per heavy atom. The first-order chi connectivity index (χ1) is 8.88. The highest BCUT2D eigenvalue weighted by Gasteiger charge is 2.30. The summed E-state index contributed by atoms with van der Waals surface area (Å²) in [4.78, 5) is 4.01. The minimum Gasteiger partial charge on any atom is -0.324 e. The van der Waals surface area contributed by atoms with Crippen molar-refractivity contribution in [2.24, 2.45) is 5.73 Å². The quantitative estimate of drug-likeness (QED) is 0.898. The van der Waals surface area contributed by atoms with Crippen molar-refractivity contribution in [3.05, 3.63) is 53.9 Å². The van der Waals surface area contributed by atoms with Gasteiger partial charge in [0.1, 0.15) is 0 Å². The molecule has 2 rings (SSSR count). The maximum atomic E-state index is 12.7. The molecule has 0 aliphatic carbocycles. The standard InChI is InChI=1S/C14H13F3N2/c1-9(18)11-5-12(8-19-7-11)10-3-2-4-13(6-10)14(15,16)17/h2-9H,18H2,1H3. The fourth-order valence-electron chi connectivity index (χ4n) is 1.74. The van der Waals surface area contributed by atoms with Crippen molar-refractivity contribution in [2.75, 3.05) is 0 Å². The fraction of sp³-hybridized carbons (Fsp3) is 0.214. The number of hydrogen-bond acceptors (Lipinski definition) is 2. The first kappa shape index (κ1) is 13.5. The number of halogens is 3. The summed E-state index contributed by atoms with van der Waals surface area (Å²) in [7, 11) is 0. The van der Waals surface area contributed by atoms with E-state index in [4.69, 9.17) is 5.73 Å². The summed E-state index contributed by atoms with van der Waals surface area (Å²) in [6.45, 7) is 1.80. The van der Waals surface area contributed by atoms with Crippen molar-refractivity contribution < 1.29 is 13.2 Å². The minimum absolute atomic E-state index is 0.210. The lowest BCUT2D eigenvalue weighted by Gasteiger charge is -2.10. The van der Waals surface area contributed by atoms with Crippen LogP contribution < -0.4 is 5.73 Å². The van der Waals surface area contributed by atoms with Crippen molar-refractivity contribution in [3.63, 3.8) is 0 Å². The van der Waals surface area contributed by atoms with Gasteiger partial charge < -0.3 is 5.73 Å². The molecule has 1 heterocycles. The van der Waals surface area contributed by atoms with Crippen LogP contribution >= 0.6 is 0 Å². The van der Waals surface area contributed by atoms with E-state index in [1.165, 1.54) is 12.3 Å². The summed E-state index contributed by atoms with van der Waals surface area (Å²) in [6, 6.07) is 6.72. The van der Waals surface area contributed by atoms with Crippen LogP contribution in [-0.4, -0.2) is 4.98 Å². The number of alkyl halides is 3. The molecule has 0 fully saturated rings. The van der Waals surface area contributed by atoms with Gasteiger partial charge in [-0.25, -0.2) is 0 Å². The van der Waals surface area contributed by atoms with E-state index < -0.39 is 11.7 Å². The first-order valence-electron chi connectivity index (χ1n) is 5.76. The van der Waals surface area contributed by atoms with Crippen LogP contribution in [0.2, 0.25) is 0 Å². The maximum Gasteiger partial charge on any atom is 0.416 e. The molecule has 0 radical (unpaired) electrons. The number of nitrogens with zero attached hydrogens (tertiary/aromatic N) is 1. The third-order valence-electron chi connectivity index (χ3n) is 2.81. The third kappa shape index (κ3) is 3.12. The first-order valence-corrected chi connectivity index (χ1v) is 5.76. The zero-order chi connectivity index (χ0) is 14.0. The van der Waals surface area contributed by atoms with Crippen LogP contribution in [0.25, 0.3) is 11.1 Å². The summed E-state index contributed by atoms with van der Waals surface area (Å²) in [5.74, 6) is 0. The van der Waals surface area contributed by atoms with Crippen molar-refractivity contribution >= 4 is 0 Å². The van der Waals surface area contributed by atoms with Gasteiger partial charge in [0.15, 0.2) is 0 Å². The Kier molecular flexibility index (Phi) is 3.57. The van der Waals surface area contributed by atoms with Crippen LogP contribution in [0.3, 0.4) is 0 Å². The third-order valence-corrected chi connectivity index (χ3v) is 2.81. The molecule has 2 aromatic rings. The summed E-state index contributed by atoms with van der Waals surface area (Å²) in [5.41, 5.74) is 6.96. The molecular weight excluding hydrogens is 253 g/mol. The molecule has 1 atom stereocenters. The topological polar surface area (TPSA) is 38.9 Å². The Bertz CT molecular complexity index is 577. The second-order valence-corrected chi connectivity index (χ2v) is 4.37. The molecule has 0 spiro atoms. The fourth-order valence-corrected chi connectivity index (χ4v) is 1.74. The monoisotopic (exact) mass is 266 g/mol. The molecule has 1 aromatic heterocycles. The van der Waals surface area contributed by atoms with Gasteiger partial charge in [-0.3, -0.25) is 4.98 Å². The number of pyridine rings is 1. The molecule has 1 unspecified atom stereocenters. The molecule has 19 heavy (non-hydrogen) atoms. The average molecular weight is 266 g/mol. The van der Waals surface area contributed by atoms with Crippen molar-refractivity contribution in [1.82, 2.24) is 4.98 Å². The Labute approximate surface area is 109 Å². The van der Waals surface area contributed by atoms with Crippen LogP contribution in [0.1, 0.15) is 24.1 Å². The Hall–Kier alpha value is -1.88. The largest absolute Gasteiger partial charge is 0.416 e. The van der Waals surface area contributed by atoms with Gasteiger partial charge in [-0.1, -0.05) is 12.1 Å². The van der Waals surface area contributed by atoms with E-state index in [1.807, 2.05) is 0 Å². The molecule has 100 valence electrons. The second kappa shape index (κ2) is 5.01. The van der Waals surface area contributed by atoms with Crippen LogP contribution in [-0.2, 0) is 6.18 Å². The molecule has 0 aliphatic heterocycles. The van der Waals surface area contributed by atoms with Crippen LogP contribution in [0.15, 0.2) is 42.7 Å². The maximum absolute atomic E-state index is 12.7. The normalized spacial score (nSPS) is 13.3. The number of hydrogen-bond donors (Lipinski definition) is 1. The zero-order valence-corrected chi connectivity index (χ0v) is 10.3. The predicted molar refractivity (Wildman–Crippen MR) is 67.3 cm³/mol. The second-order valence-electron chi connectivity index (χ2n) is 4.37. The van der Waals surface area contributed by atoms with Gasteiger partial charge in [0.2, 0.25) is 0 Å². The number of rotatable bonds is 2. The minimum atomic E-state index is -4.35. The lowest BCUT2D eigenvalue weighted by atomic mass is 10.0. The number of nitrogens with two attached hydrogens (primary N) is 1. The molecule has 2 nitrogen and oxygen atoms in total. The van der Waals surface area contributed by atoms with E-state index in [-0.39, 0.29) is 6.04 Å². The Morgan fingerprint density at radius 3 is 2.47 bits per heavy atom. The van der Waals surface area contributed by atoms with Gasteiger partial charge in [0, 0.05) is 24.0 Å². The summed E-state index contributed by atoms with van der Waals surface area (Å²) >= 11 is 0. The van der Waals surface area contributed by atoms with Gasteiger partial charge in [-0.2, -0.15) is 13.2 Å². The summed E-state index contributed by atoms with van der Waals surface area (Å²) in [5, 5.41) is 0. The van der Waals surface area contributed by atoms with Crippen molar-refractivity contribution in [3.8, 4) is 11.1 Å². The highest BCUT2D eigenvalue weighted by molar-refractivity contribution is 5.64. The van der Waals surface area contributed by atoms with Crippen LogP contribution in [0.4, 0.5) is 13.2 Å². The highest BCUT2D eigenvalue weighted by atomic mass is 19.4. The van der Waals surface area contributed by atoms with Gasteiger partial charge in [0.25, 0.3) is 0 Å². The van der Waals surface area contributed by atoms with E-state index in [1.54, 1.807) is 25.3 Å². The van der Waals surface area contributed by atoms with E-state index in [0.29, 0.717) is 11.1 Å². The Balaban J connectivity index is 2.45. The molecule has 0 bridgehead atoms. The molecule has 0 aliphatic rings. The molecule has 0 amide bonds. The zero-order valence-electron chi connectivity index (χ0n) is 10.3. The summed E-state index contributed by atoms with van der Waals surface area (Å²) < 4.78 is 38.0. The van der Waals surface area contributed by atoms with Gasteiger partial charge in [0.05, 0.1) is 5.56 Å². The SMILES string of the molecule is CC(N)c1cncc(-c2cccc(C(F)(F)F)c2)c1. The number of benzene rings is 1. The van der Waals surface area contributed by atoms with Crippen molar-refractivity contribution in [1.29, 1.82) is 0 Å². The summed E-state index contributed by atoms with van der Waals surface area (Å²) in [6.07, 6.45) is -1.20. The average Bonchev–Trinajstić information content (AvgIpc) is 2.38. The highest BCUT2D eigenvalue weighted by Crippen LogP contribution is 2.32. The lowest BCUT2D eigenvalue weighted by Crippen LogP contribution is -2.06. The van der Waals surface area contributed by atoms with Gasteiger partial charge in [-0.05, 0) is 36.2 Å². The van der Waals surface area contributed by atoms with E-state index >= 15 is 0 Å². The molecule has 0 saturated carbocycles. The van der Waals surface area contributed by atoms with E-state index in [9.17, 15) is 13.2 Å². The number of aromatic nitrogens is 1. The molecular formula is C14H13F3N2. The molecule has 5 heteroatoms. The lowest BCUT2D eigenvalue weighted by molar-refractivity contribution is -0.137. The molecule has 2 N–H and O–H groups in total. The van der Waals surface area contributed by atoms with Crippen LogP contribution in [0.5, 0.6) is 0 Å². The molecule has 1 aromatic carbocycles. The predicted octanol–water partition coefficient (Wildman–Crippen LogP) is 3.79. The van der Waals surface area contributed by atoms with E-state index in [2.05, 4.69) is 4.98 Å². The van der Waals surface area contributed by atoms with E-state index in [0.717, 1.165) is 17.7 Å². The van der Waals surface area contributed by atoms with Gasteiger partial charge >= 0.3 is 6.18 Å². The Morgan fingerprint density at radius 1 is 1.11 bits per heavy atom. The molecule has 0 saturated heterocycles. The van der Waals surface area contributed by atoms with Crippen molar-refractivity contribution in [2.45, 2.75) is 19.1 Å². The van der Waals surface area contributed by atoms with Gasteiger partial charge in [-0.15, -0.1) is 0 Å². The smallest absolute Gasteiger partial charge is 0.324 e.